The van der Waals surface area contributed by atoms with E-state index < -0.39 is 5.97 Å². The molecule has 24 heavy (non-hydrogen) atoms. The highest BCUT2D eigenvalue weighted by molar-refractivity contribution is 6.40. The van der Waals surface area contributed by atoms with Crippen molar-refractivity contribution in [2.24, 2.45) is 0 Å². The first-order chi connectivity index (χ1) is 11.4. The standard InChI is InChI=1S/C17H10Cl3NO3/c1-9-11-4-2-3-5-12(11)17(23)21(9)8-15(22)24-16-13(19)6-10(18)7-14(16)20/h2-7H,1,8H2. The van der Waals surface area contributed by atoms with E-state index in [0.717, 1.165) is 0 Å². The molecule has 0 saturated carbocycles. The van der Waals surface area contributed by atoms with Crippen molar-refractivity contribution < 1.29 is 14.3 Å². The number of hydrogen-bond donors (Lipinski definition) is 0. The van der Waals surface area contributed by atoms with Crippen molar-refractivity contribution in [3.63, 3.8) is 0 Å². The van der Waals surface area contributed by atoms with E-state index in [1.54, 1.807) is 24.3 Å². The van der Waals surface area contributed by atoms with Crippen molar-refractivity contribution in [3.8, 4) is 5.75 Å². The smallest absolute Gasteiger partial charge is 0.331 e. The lowest BCUT2D eigenvalue weighted by molar-refractivity contribution is -0.134. The fraction of sp³-hybridized carbons (Fsp3) is 0.0588. The highest BCUT2D eigenvalue weighted by Gasteiger charge is 2.32. The number of amides is 1. The van der Waals surface area contributed by atoms with Gasteiger partial charge in [0.05, 0.1) is 10.0 Å². The molecule has 3 rings (SSSR count). The molecule has 1 aliphatic rings. The summed E-state index contributed by atoms with van der Waals surface area (Å²) in [5.74, 6) is -0.994. The Labute approximate surface area is 153 Å². The predicted octanol–water partition coefficient (Wildman–Crippen LogP) is 4.68. The van der Waals surface area contributed by atoms with Crippen molar-refractivity contribution >= 4 is 52.4 Å². The van der Waals surface area contributed by atoms with E-state index >= 15 is 0 Å². The van der Waals surface area contributed by atoms with Gasteiger partial charge in [0.25, 0.3) is 5.91 Å². The average molecular weight is 383 g/mol. The zero-order valence-corrected chi connectivity index (χ0v) is 14.5. The first-order valence-electron chi connectivity index (χ1n) is 6.84. The summed E-state index contributed by atoms with van der Waals surface area (Å²) < 4.78 is 5.19. The number of carbonyl (C=O) groups excluding carboxylic acids is 2. The molecule has 1 aliphatic heterocycles. The van der Waals surface area contributed by atoms with E-state index in [1.165, 1.54) is 17.0 Å². The molecular formula is C17H10Cl3NO3. The molecule has 0 radical (unpaired) electrons. The fourth-order valence-corrected chi connectivity index (χ4v) is 3.30. The van der Waals surface area contributed by atoms with Crippen LogP contribution in [-0.2, 0) is 4.79 Å². The third-order valence-corrected chi connectivity index (χ3v) is 4.29. The quantitative estimate of drug-likeness (QED) is 0.572. The van der Waals surface area contributed by atoms with Gasteiger partial charge in [0.1, 0.15) is 6.54 Å². The van der Waals surface area contributed by atoms with Gasteiger partial charge < -0.3 is 4.74 Å². The minimum atomic E-state index is -0.691. The van der Waals surface area contributed by atoms with Gasteiger partial charge in [-0.2, -0.15) is 0 Å². The summed E-state index contributed by atoms with van der Waals surface area (Å²) in [5, 5.41) is 0.537. The maximum atomic E-state index is 12.4. The van der Waals surface area contributed by atoms with E-state index in [4.69, 9.17) is 39.5 Å². The van der Waals surface area contributed by atoms with Crippen molar-refractivity contribution in [2.75, 3.05) is 6.54 Å². The zero-order chi connectivity index (χ0) is 17.4. The Bertz CT molecular complexity index is 821. The highest BCUT2D eigenvalue weighted by atomic mass is 35.5. The first kappa shape index (κ1) is 16.8. The van der Waals surface area contributed by atoms with Crippen molar-refractivity contribution in [1.29, 1.82) is 0 Å². The minimum absolute atomic E-state index is 0.00232. The van der Waals surface area contributed by atoms with Gasteiger partial charge in [-0.3, -0.25) is 9.69 Å². The molecule has 0 spiro atoms. The van der Waals surface area contributed by atoms with Crippen molar-refractivity contribution in [3.05, 3.63) is 69.2 Å². The Morgan fingerprint density at radius 3 is 2.25 bits per heavy atom. The molecular weight excluding hydrogens is 373 g/mol. The summed E-state index contributed by atoms with van der Waals surface area (Å²) in [6.07, 6.45) is 0. The van der Waals surface area contributed by atoms with Crippen LogP contribution in [0.5, 0.6) is 5.75 Å². The maximum absolute atomic E-state index is 12.4. The number of esters is 1. The molecule has 2 aromatic carbocycles. The third kappa shape index (κ3) is 3.00. The second-order valence-electron chi connectivity index (χ2n) is 5.06. The summed E-state index contributed by atoms with van der Waals surface area (Å²) >= 11 is 17.8. The summed E-state index contributed by atoms with van der Waals surface area (Å²) in [5.41, 5.74) is 1.64. The van der Waals surface area contributed by atoms with Gasteiger partial charge in [-0.15, -0.1) is 0 Å². The molecule has 0 saturated heterocycles. The van der Waals surface area contributed by atoms with Crippen LogP contribution in [0.2, 0.25) is 15.1 Å². The Hall–Kier alpha value is -2.01. The van der Waals surface area contributed by atoms with Crippen LogP contribution in [0.4, 0.5) is 0 Å². The number of nitrogens with zero attached hydrogens (tertiary/aromatic N) is 1. The summed E-state index contributed by atoms with van der Waals surface area (Å²) in [6.45, 7) is 3.56. The molecule has 1 amide bonds. The molecule has 4 nitrogen and oxygen atoms in total. The van der Waals surface area contributed by atoms with Crippen LogP contribution < -0.4 is 4.74 Å². The molecule has 0 bridgehead atoms. The maximum Gasteiger partial charge on any atom is 0.331 e. The van der Waals surface area contributed by atoms with Gasteiger partial charge in [-0.05, 0) is 18.2 Å². The normalized spacial score (nSPS) is 13.2. The number of halogens is 3. The van der Waals surface area contributed by atoms with Gasteiger partial charge in [-0.1, -0.05) is 59.6 Å². The molecule has 0 N–H and O–H groups in total. The van der Waals surface area contributed by atoms with Crippen LogP contribution in [-0.4, -0.2) is 23.3 Å². The Kier molecular flexibility index (Phi) is 4.54. The Morgan fingerprint density at radius 2 is 1.67 bits per heavy atom. The number of hydrogen-bond acceptors (Lipinski definition) is 3. The molecule has 0 unspecified atom stereocenters. The average Bonchev–Trinajstić information content (AvgIpc) is 2.76. The monoisotopic (exact) mass is 381 g/mol. The predicted molar refractivity (Wildman–Crippen MR) is 93.6 cm³/mol. The summed E-state index contributed by atoms with van der Waals surface area (Å²) in [7, 11) is 0. The molecule has 0 aliphatic carbocycles. The van der Waals surface area contributed by atoms with Gasteiger partial charge >= 0.3 is 5.97 Å². The topological polar surface area (TPSA) is 46.6 Å². The zero-order valence-electron chi connectivity index (χ0n) is 12.2. The molecule has 1 heterocycles. The van der Waals surface area contributed by atoms with Gasteiger partial charge in [-0.25, -0.2) is 4.79 Å². The molecule has 7 heteroatoms. The summed E-state index contributed by atoms with van der Waals surface area (Å²) in [6, 6.07) is 9.82. The van der Waals surface area contributed by atoms with E-state index in [-0.39, 0.29) is 28.2 Å². The fourth-order valence-electron chi connectivity index (χ4n) is 2.40. The summed E-state index contributed by atoms with van der Waals surface area (Å²) in [4.78, 5) is 25.8. The molecule has 0 atom stereocenters. The van der Waals surface area contributed by atoms with E-state index in [2.05, 4.69) is 6.58 Å². The van der Waals surface area contributed by atoms with Crippen LogP contribution in [0, 0.1) is 0 Å². The number of ether oxygens (including phenoxy) is 1. The SMILES string of the molecule is C=C1c2ccccc2C(=O)N1CC(=O)Oc1c(Cl)cc(Cl)cc1Cl. The molecule has 0 aromatic heterocycles. The first-order valence-corrected chi connectivity index (χ1v) is 7.97. The molecule has 0 fully saturated rings. The lowest BCUT2D eigenvalue weighted by Gasteiger charge is -2.17. The second kappa shape index (κ2) is 6.48. The van der Waals surface area contributed by atoms with Gasteiger partial charge in [0, 0.05) is 21.8 Å². The van der Waals surface area contributed by atoms with Gasteiger partial charge in [0.2, 0.25) is 0 Å². The van der Waals surface area contributed by atoms with Crippen LogP contribution in [0.3, 0.4) is 0 Å². The molecule has 122 valence electrons. The van der Waals surface area contributed by atoms with Crippen LogP contribution in [0.15, 0.2) is 43.0 Å². The van der Waals surface area contributed by atoms with E-state index in [0.29, 0.717) is 21.8 Å². The van der Waals surface area contributed by atoms with Crippen molar-refractivity contribution in [1.82, 2.24) is 4.90 Å². The highest BCUT2D eigenvalue weighted by Crippen LogP contribution is 2.36. The van der Waals surface area contributed by atoms with Crippen LogP contribution in [0.25, 0.3) is 5.70 Å². The van der Waals surface area contributed by atoms with E-state index in [1.807, 2.05) is 0 Å². The minimum Gasteiger partial charge on any atom is -0.422 e. The van der Waals surface area contributed by atoms with Gasteiger partial charge in [0.15, 0.2) is 5.75 Å². The lowest BCUT2D eigenvalue weighted by Crippen LogP contribution is -2.31. The number of fused-ring (bicyclic) bond motifs is 1. The number of benzene rings is 2. The van der Waals surface area contributed by atoms with E-state index in [9.17, 15) is 9.59 Å². The largest absolute Gasteiger partial charge is 0.422 e. The van der Waals surface area contributed by atoms with Crippen molar-refractivity contribution in [2.45, 2.75) is 0 Å². The Morgan fingerprint density at radius 1 is 1.08 bits per heavy atom. The molecule has 2 aromatic rings. The van der Waals surface area contributed by atoms with Crippen LogP contribution in [0.1, 0.15) is 15.9 Å². The van der Waals surface area contributed by atoms with Crippen LogP contribution >= 0.6 is 34.8 Å². The third-order valence-electron chi connectivity index (χ3n) is 3.51. The second-order valence-corrected chi connectivity index (χ2v) is 6.31. The number of carbonyl (C=O) groups is 2. The number of rotatable bonds is 3. The lowest BCUT2D eigenvalue weighted by atomic mass is 10.1. The Balaban J connectivity index is 1.78.